The summed E-state index contributed by atoms with van der Waals surface area (Å²) in [7, 11) is 0. The zero-order valence-corrected chi connectivity index (χ0v) is 11.0. The summed E-state index contributed by atoms with van der Waals surface area (Å²) in [5.41, 5.74) is 0.544. The number of hydrogen-bond donors (Lipinski definition) is 2. The third kappa shape index (κ3) is 2.69. The van der Waals surface area contributed by atoms with Crippen molar-refractivity contribution < 1.29 is 9.90 Å². The van der Waals surface area contributed by atoms with Gasteiger partial charge in [-0.3, -0.25) is 4.79 Å². The second-order valence-electron chi connectivity index (χ2n) is 6.52. The van der Waals surface area contributed by atoms with Crippen LogP contribution in [0, 0.1) is 5.41 Å². The molecule has 1 aliphatic heterocycles. The topological polar surface area (TPSA) is 52.6 Å². The molecule has 2 saturated carbocycles. The predicted molar refractivity (Wildman–Crippen MR) is 69.5 cm³/mol. The first-order valence-electron chi connectivity index (χ1n) is 7.38. The Morgan fingerprint density at radius 1 is 1.33 bits per heavy atom. The van der Waals surface area contributed by atoms with E-state index in [2.05, 4.69) is 10.2 Å². The lowest BCUT2D eigenvalue weighted by Gasteiger charge is -2.25. The van der Waals surface area contributed by atoms with Crippen LogP contribution in [0.5, 0.6) is 0 Å². The number of nitrogens with zero attached hydrogens (tertiary/aromatic N) is 1. The van der Waals surface area contributed by atoms with E-state index in [0.29, 0.717) is 18.0 Å². The minimum atomic E-state index is -0.686. The minimum Gasteiger partial charge on any atom is -0.480 e. The first-order valence-corrected chi connectivity index (χ1v) is 7.38. The van der Waals surface area contributed by atoms with Crippen molar-refractivity contribution in [2.75, 3.05) is 19.6 Å². The molecule has 0 aromatic heterocycles. The molecule has 2 aliphatic carbocycles. The van der Waals surface area contributed by atoms with Gasteiger partial charge in [0, 0.05) is 19.1 Å². The maximum absolute atomic E-state index is 11.3. The average Bonchev–Trinajstić information content (AvgIpc) is 2.90. The van der Waals surface area contributed by atoms with E-state index in [1.54, 1.807) is 0 Å². The highest BCUT2D eigenvalue weighted by Gasteiger charge is 2.41. The Hall–Kier alpha value is -0.610. The molecule has 3 rings (SSSR count). The SMILES string of the molecule is O=C(O)C(CN1CCC2(CCCC2)C1)NC1CC1. The van der Waals surface area contributed by atoms with Crippen LogP contribution in [0.4, 0.5) is 0 Å². The molecule has 0 bridgehead atoms. The average molecular weight is 252 g/mol. The minimum absolute atomic E-state index is 0.367. The second kappa shape index (κ2) is 4.82. The van der Waals surface area contributed by atoms with Crippen molar-refractivity contribution in [3.8, 4) is 0 Å². The van der Waals surface area contributed by atoms with Crippen LogP contribution in [-0.4, -0.2) is 47.7 Å². The maximum Gasteiger partial charge on any atom is 0.322 e. The number of hydrogen-bond acceptors (Lipinski definition) is 3. The standard InChI is InChI=1S/C14H24N2O2/c17-13(18)12(15-11-3-4-11)9-16-8-7-14(10-16)5-1-2-6-14/h11-12,15H,1-10H2,(H,17,18). The molecule has 18 heavy (non-hydrogen) atoms. The summed E-state index contributed by atoms with van der Waals surface area (Å²) >= 11 is 0. The molecule has 3 fully saturated rings. The molecule has 1 heterocycles. The van der Waals surface area contributed by atoms with Crippen LogP contribution in [0.3, 0.4) is 0 Å². The van der Waals surface area contributed by atoms with Crippen LogP contribution in [0.1, 0.15) is 44.9 Å². The van der Waals surface area contributed by atoms with Gasteiger partial charge in [0.25, 0.3) is 0 Å². The Kier molecular flexibility index (Phi) is 3.32. The Morgan fingerprint density at radius 3 is 2.67 bits per heavy atom. The zero-order valence-electron chi connectivity index (χ0n) is 11.0. The summed E-state index contributed by atoms with van der Waals surface area (Å²) in [5.74, 6) is -0.686. The van der Waals surface area contributed by atoms with Gasteiger partial charge in [-0.05, 0) is 44.1 Å². The molecule has 1 unspecified atom stereocenters. The van der Waals surface area contributed by atoms with Crippen molar-refractivity contribution in [1.29, 1.82) is 0 Å². The fraction of sp³-hybridized carbons (Fsp3) is 0.929. The molecule has 1 saturated heterocycles. The molecule has 3 aliphatic rings. The Morgan fingerprint density at radius 2 is 2.06 bits per heavy atom. The van der Waals surface area contributed by atoms with Crippen molar-refractivity contribution in [3.05, 3.63) is 0 Å². The van der Waals surface area contributed by atoms with Crippen molar-refractivity contribution in [2.24, 2.45) is 5.41 Å². The number of carboxylic acid groups (broad SMARTS) is 1. The Balaban J connectivity index is 1.53. The smallest absolute Gasteiger partial charge is 0.322 e. The Bertz CT molecular complexity index is 322. The molecule has 102 valence electrons. The van der Waals surface area contributed by atoms with E-state index in [9.17, 15) is 9.90 Å². The molecule has 0 aromatic carbocycles. The summed E-state index contributed by atoms with van der Waals surface area (Å²) in [5, 5.41) is 12.5. The molecule has 4 heteroatoms. The van der Waals surface area contributed by atoms with Crippen LogP contribution in [-0.2, 0) is 4.79 Å². The first-order chi connectivity index (χ1) is 8.67. The number of carboxylic acids is 1. The van der Waals surface area contributed by atoms with Crippen LogP contribution in [0.2, 0.25) is 0 Å². The molecule has 2 N–H and O–H groups in total. The molecule has 0 amide bonds. The van der Waals surface area contributed by atoms with Gasteiger partial charge >= 0.3 is 5.97 Å². The Labute approximate surface area is 109 Å². The molecule has 4 nitrogen and oxygen atoms in total. The van der Waals surface area contributed by atoms with Gasteiger partial charge in [0.05, 0.1) is 0 Å². The molecule has 1 atom stereocenters. The highest BCUT2D eigenvalue weighted by molar-refractivity contribution is 5.73. The van der Waals surface area contributed by atoms with Crippen LogP contribution in [0.25, 0.3) is 0 Å². The summed E-state index contributed by atoms with van der Waals surface area (Å²) < 4.78 is 0. The fourth-order valence-electron chi connectivity index (χ4n) is 3.71. The van der Waals surface area contributed by atoms with Crippen molar-refractivity contribution in [2.45, 2.75) is 57.0 Å². The van der Waals surface area contributed by atoms with Gasteiger partial charge < -0.3 is 15.3 Å². The normalized spacial score (nSPS) is 28.9. The van der Waals surface area contributed by atoms with Crippen LogP contribution >= 0.6 is 0 Å². The zero-order chi connectivity index (χ0) is 12.6. The lowest BCUT2D eigenvalue weighted by molar-refractivity contribution is -0.140. The van der Waals surface area contributed by atoms with Gasteiger partial charge in [-0.15, -0.1) is 0 Å². The molecular weight excluding hydrogens is 228 g/mol. The summed E-state index contributed by atoms with van der Waals surface area (Å²) in [4.78, 5) is 13.6. The fourth-order valence-corrected chi connectivity index (χ4v) is 3.71. The summed E-state index contributed by atoms with van der Waals surface area (Å²) in [6.07, 6.45) is 9.03. The largest absolute Gasteiger partial charge is 0.480 e. The third-order valence-corrected chi connectivity index (χ3v) is 4.93. The quantitative estimate of drug-likeness (QED) is 0.778. The number of likely N-dealkylation sites (tertiary alicyclic amines) is 1. The second-order valence-corrected chi connectivity index (χ2v) is 6.52. The highest BCUT2D eigenvalue weighted by atomic mass is 16.4. The maximum atomic E-state index is 11.3. The van der Waals surface area contributed by atoms with E-state index >= 15 is 0 Å². The highest BCUT2D eigenvalue weighted by Crippen LogP contribution is 2.45. The first kappa shape index (κ1) is 12.4. The van der Waals surface area contributed by atoms with E-state index in [1.807, 2.05) is 0 Å². The van der Waals surface area contributed by atoms with E-state index in [0.717, 1.165) is 25.9 Å². The van der Waals surface area contributed by atoms with E-state index in [4.69, 9.17) is 0 Å². The van der Waals surface area contributed by atoms with Gasteiger partial charge in [0.1, 0.15) is 6.04 Å². The van der Waals surface area contributed by atoms with Crippen LogP contribution in [0.15, 0.2) is 0 Å². The van der Waals surface area contributed by atoms with Crippen molar-refractivity contribution in [1.82, 2.24) is 10.2 Å². The van der Waals surface area contributed by atoms with Gasteiger partial charge in [-0.2, -0.15) is 0 Å². The lowest BCUT2D eigenvalue weighted by atomic mass is 9.86. The predicted octanol–water partition coefficient (Wildman–Crippen LogP) is 1.46. The molecule has 0 aromatic rings. The molecule has 0 radical (unpaired) electrons. The number of carbonyl (C=O) groups is 1. The van der Waals surface area contributed by atoms with E-state index < -0.39 is 5.97 Å². The molecular formula is C14H24N2O2. The van der Waals surface area contributed by atoms with E-state index in [-0.39, 0.29) is 6.04 Å². The summed E-state index contributed by atoms with van der Waals surface area (Å²) in [6.45, 7) is 2.91. The number of aliphatic carboxylic acids is 1. The van der Waals surface area contributed by atoms with Crippen molar-refractivity contribution >= 4 is 5.97 Å². The van der Waals surface area contributed by atoms with Gasteiger partial charge in [0.15, 0.2) is 0 Å². The summed E-state index contributed by atoms with van der Waals surface area (Å²) in [6, 6.07) is 0.100. The monoisotopic (exact) mass is 252 g/mol. The number of nitrogens with one attached hydrogen (secondary N) is 1. The lowest BCUT2D eigenvalue weighted by Crippen LogP contribution is -2.46. The van der Waals surface area contributed by atoms with Crippen LogP contribution < -0.4 is 5.32 Å². The van der Waals surface area contributed by atoms with Gasteiger partial charge in [-0.1, -0.05) is 12.8 Å². The van der Waals surface area contributed by atoms with Gasteiger partial charge in [0.2, 0.25) is 0 Å². The third-order valence-electron chi connectivity index (χ3n) is 4.93. The van der Waals surface area contributed by atoms with E-state index in [1.165, 1.54) is 32.1 Å². The number of rotatable bonds is 5. The van der Waals surface area contributed by atoms with Crippen molar-refractivity contribution in [3.63, 3.8) is 0 Å². The molecule has 1 spiro atoms. The van der Waals surface area contributed by atoms with Gasteiger partial charge in [-0.25, -0.2) is 0 Å².